The first kappa shape index (κ1) is 17.8. The molecule has 7 nitrogen and oxygen atoms in total. The lowest BCUT2D eigenvalue weighted by Crippen LogP contribution is -2.12. The average Bonchev–Trinajstić information content (AvgIpc) is 2.98. The van der Waals surface area contributed by atoms with Crippen LogP contribution in [0, 0.1) is 5.82 Å². The molecule has 0 amide bonds. The van der Waals surface area contributed by atoms with Crippen molar-refractivity contribution in [3.05, 3.63) is 60.4 Å². The maximum absolute atomic E-state index is 13.2. The zero-order valence-corrected chi connectivity index (χ0v) is 14.4. The fourth-order valence-corrected chi connectivity index (χ4v) is 2.87. The lowest BCUT2D eigenvalue weighted by atomic mass is 10.1. The molecule has 134 valence electrons. The van der Waals surface area contributed by atoms with Gasteiger partial charge in [0.1, 0.15) is 5.82 Å². The Bertz CT molecular complexity index is 1060. The number of carbonyl (C=O) groups excluding carboxylic acids is 1. The first-order valence-electron chi connectivity index (χ1n) is 7.42. The molecule has 0 aliphatic carbocycles. The smallest absolute Gasteiger partial charge is 0.309 e. The number of hydrogen-bond acceptors (Lipinski definition) is 5. The van der Waals surface area contributed by atoms with E-state index < -0.39 is 21.8 Å². The Morgan fingerprint density at radius 2 is 1.73 bits per heavy atom. The van der Waals surface area contributed by atoms with E-state index in [9.17, 15) is 17.6 Å². The number of halogens is 1. The first-order valence-corrected chi connectivity index (χ1v) is 8.96. The third kappa shape index (κ3) is 3.79. The largest absolute Gasteiger partial charge is 0.406 e. The normalized spacial score (nSPS) is 11.3. The second-order valence-electron chi connectivity index (χ2n) is 5.42. The Labute approximate surface area is 148 Å². The Kier molecular flexibility index (Phi) is 4.58. The van der Waals surface area contributed by atoms with Crippen molar-refractivity contribution < 1.29 is 22.3 Å². The third-order valence-electron chi connectivity index (χ3n) is 3.49. The summed E-state index contributed by atoms with van der Waals surface area (Å²) >= 11 is 0. The molecule has 2 N–H and O–H groups in total. The van der Waals surface area contributed by atoms with E-state index in [0.29, 0.717) is 16.9 Å². The fraction of sp³-hybridized carbons (Fsp3) is 0.0588. The lowest BCUT2D eigenvalue weighted by Gasteiger charge is -2.08. The number of hydrogen-bond donors (Lipinski definition) is 1. The minimum Gasteiger partial charge on any atom is -0.406 e. The minimum absolute atomic E-state index is 0.0445. The van der Waals surface area contributed by atoms with Gasteiger partial charge >= 0.3 is 5.97 Å². The molecule has 0 aliphatic heterocycles. The SMILES string of the molecule is CC(=O)Oc1cc(-c2ccc(F)cc2)n(-c2ccc(S(N)(=O)=O)cc2)n1. The van der Waals surface area contributed by atoms with Crippen LogP contribution in [0.25, 0.3) is 16.9 Å². The van der Waals surface area contributed by atoms with Crippen LogP contribution in [0.2, 0.25) is 0 Å². The summed E-state index contributed by atoms with van der Waals surface area (Å²) in [5.74, 6) is -0.866. The van der Waals surface area contributed by atoms with E-state index in [4.69, 9.17) is 9.88 Å². The molecule has 2 aromatic carbocycles. The minimum atomic E-state index is -3.82. The fourth-order valence-electron chi connectivity index (χ4n) is 2.36. The molecule has 1 aromatic heterocycles. The van der Waals surface area contributed by atoms with Crippen molar-refractivity contribution in [2.45, 2.75) is 11.8 Å². The lowest BCUT2D eigenvalue weighted by molar-refractivity contribution is -0.132. The van der Waals surface area contributed by atoms with Crippen LogP contribution in [0.15, 0.2) is 59.5 Å². The van der Waals surface area contributed by atoms with Gasteiger partial charge in [0.05, 0.1) is 16.3 Å². The molecule has 26 heavy (non-hydrogen) atoms. The van der Waals surface area contributed by atoms with Crippen LogP contribution in [0.5, 0.6) is 5.88 Å². The predicted molar refractivity (Wildman–Crippen MR) is 91.6 cm³/mol. The monoisotopic (exact) mass is 375 g/mol. The van der Waals surface area contributed by atoms with Gasteiger partial charge in [-0.25, -0.2) is 22.6 Å². The van der Waals surface area contributed by atoms with Gasteiger partial charge in [0.25, 0.3) is 0 Å². The number of carbonyl (C=O) groups is 1. The van der Waals surface area contributed by atoms with Crippen LogP contribution in [-0.4, -0.2) is 24.2 Å². The van der Waals surface area contributed by atoms with E-state index in [1.165, 1.54) is 54.1 Å². The molecule has 0 bridgehead atoms. The van der Waals surface area contributed by atoms with Crippen molar-refractivity contribution in [1.82, 2.24) is 9.78 Å². The Morgan fingerprint density at radius 3 is 2.27 bits per heavy atom. The predicted octanol–water partition coefficient (Wildman–Crippen LogP) is 2.25. The molecular weight excluding hydrogens is 361 g/mol. The van der Waals surface area contributed by atoms with Crippen molar-refractivity contribution in [3.8, 4) is 22.8 Å². The van der Waals surface area contributed by atoms with Crippen LogP contribution < -0.4 is 9.88 Å². The topological polar surface area (TPSA) is 104 Å². The Balaban J connectivity index is 2.11. The first-order chi connectivity index (χ1) is 12.2. The molecule has 0 unspecified atom stereocenters. The second kappa shape index (κ2) is 6.70. The van der Waals surface area contributed by atoms with Gasteiger partial charge in [-0.1, -0.05) is 0 Å². The van der Waals surface area contributed by atoms with Gasteiger partial charge in [0.15, 0.2) is 0 Å². The summed E-state index contributed by atoms with van der Waals surface area (Å²) in [7, 11) is -3.82. The summed E-state index contributed by atoms with van der Waals surface area (Å²) < 4.78 is 42.5. The number of sulfonamides is 1. The van der Waals surface area contributed by atoms with Gasteiger partial charge in [0.2, 0.25) is 15.9 Å². The molecule has 0 atom stereocenters. The van der Waals surface area contributed by atoms with Crippen molar-refractivity contribution in [2.75, 3.05) is 0 Å². The van der Waals surface area contributed by atoms with Crippen molar-refractivity contribution in [3.63, 3.8) is 0 Å². The van der Waals surface area contributed by atoms with Crippen LogP contribution in [0.3, 0.4) is 0 Å². The molecule has 0 saturated heterocycles. The number of benzene rings is 2. The number of nitrogens with zero attached hydrogens (tertiary/aromatic N) is 2. The second-order valence-corrected chi connectivity index (χ2v) is 6.98. The zero-order chi connectivity index (χ0) is 18.9. The molecule has 0 radical (unpaired) electrons. The summed E-state index contributed by atoms with van der Waals surface area (Å²) in [6, 6.07) is 12.9. The molecule has 0 fully saturated rings. The zero-order valence-electron chi connectivity index (χ0n) is 13.6. The van der Waals surface area contributed by atoms with E-state index in [1.807, 2.05) is 0 Å². The number of rotatable bonds is 4. The third-order valence-corrected chi connectivity index (χ3v) is 4.41. The van der Waals surface area contributed by atoms with E-state index >= 15 is 0 Å². The molecule has 3 rings (SSSR count). The molecule has 0 saturated carbocycles. The van der Waals surface area contributed by atoms with Gasteiger partial charge in [-0.3, -0.25) is 4.79 Å². The van der Waals surface area contributed by atoms with Gasteiger partial charge in [-0.2, -0.15) is 0 Å². The number of aromatic nitrogens is 2. The molecule has 3 aromatic rings. The highest BCUT2D eigenvalue weighted by Gasteiger charge is 2.15. The van der Waals surface area contributed by atoms with E-state index in [2.05, 4.69) is 5.10 Å². The van der Waals surface area contributed by atoms with Crippen molar-refractivity contribution in [1.29, 1.82) is 0 Å². The summed E-state index contributed by atoms with van der Waals surface area (Å²) in [6.45, 7) is 1.25. The quantitative estimate of drug-likeness (QED) is 0.704. The van der Waals surface area contributed by atoms with Gasteiger partial charge in [-0.15, -0.1) is 5.10 Å². The van der Waals surface area contributed by atoms with Crippen molar-refractivity contribution in [2.24, 2.45) is 5.14 Å². The van der Waals surface area contributed by atoms with Crippen LogP contribution >= 0.6 is 0 Å². The van der Waals surface area contributed by atoms with Crippen LogP contribution in [0.4, 0.5) is 4.39 Å². The van der Waals surface area contributed by atoms with E-state index in [0.717, 1.165) is 0 Å². The summed E-state index contributed by atoms with van der Waals surface area (Å²) in [5.41, 5.74) is 1.67. The van der Waals surface area contributed by atoms with E-state index in [1.54, 1.807) is 12.1 Å². The molecule has 9 heteroatoms. The number of esters is 1. The van der Waals surface area contributed by atoms with Gasteiger partial charge < -0.3 is 4.74 Å². The number of nitrogens with two attached hydrogens (primary N) is 1. The highest BCUT2D eigenvalue weighted by molar-refractivity contribution is 7.89. The average molecular weight is 375 g/mol. The summed E-state index contributed by atoms with van der Waals surface area (Å²) in [5, 5.41) is 9.31. The summed E-state index contributed by atoms with van der Waals surface area (Å²) in [6.07, 6.45) is 0. The van der Waals surface area contributed by atoms with Crippen molar-refractivity contribution >= 4 is 16.0 Å². The van der Waals surface area contributed by atoms with Crippen LogP contribution in [-0.2, 0) is 14.8 Å². The van der Waals surface area contributed by atoms with Gasteiger partial charge in [0, 0.05) is 18.6 Å². The molecule has 1 heterocycles. The van der Waals surface area contributed by atoms with Crippen LogP contribution in [0.1, 0.15) is 6.92 Å². The standard InChI is InChI=1S/C17H14FN3O4S/c1-11(22)25-17-10-16(12-2-4-13(18)5-3-12)21(20-17)14-6-8-15(9-7-14)26(19,23)24/h2-10H,1H3,(H2,19,23,24). The number of ether oxygens (including phenoxy) is 1. The highest BCUT2D eigenvalue weighted by Crippen LogP contribution is 2.27. The van der Waals surface area contributed by atoms with Gasteiger partial charge in [-0.05, 0) is 48.5 Å². The maximum Gasteiger partial charge on any atom is 0.309 e. The highest BCUT2D eigenvalue weighted by atomic mass is 32.2. The van der Waals surface area contributed by atoms with E-state index in [-0.39, 0.29) is 10.8 Å². The Hall–Kier alpha value is -3.04. The maximum atomic E-state index is 13.2. The molecule has 0 aliphatic rings. The molecular formula is C17H14FN3O4S. The summed E-state index contributed by atoms with van der Waals surface area (Å²) in [4.78, 5) is 11.2. The number of primary sulfonamides is 1. The molecule has 0 spiro atoms. The Morgan fingerprint density at radius 1 is 1.12 bits per heavy atom.